The van der Waals surface area contributed by atoms with Crippen LogP contribution in [0.4, 0.5) is 0 Å². The lowest BCUT2D eigenvalue weighted by molar-refractivity contribution is 0.252. The average molecular weight is 212 g/mol. The fraction of sp³-hybridized carbons (Fsp3) is 1.00. The number of hydrogen-bond acceptors (Lipinski definition) is 0. The van der Waals surface area contributed by atoms with E-state index in [1.54, 1.807) is 0 Å². The predicted molar refractivity (Wildman–Crippen MR) is 71.2 cm³/mol. The van der Waals surface area contributed by atoms with E-state index in [9.17, 15) is 0 Å². The first kappa shape index (κ1) is 15.0. The molecule has 0 heteroatoms. The van der Waals surface area contributed by atoms with Crippen LogP contribution in [0.15, 0.2) is 0 Å². The third-order valence-corrected chi connectivity index (χ3v) is 3.88. The summed E-state index contributed by atoms with van der Waals surface area (Å²) in [5, 5.41) is 0. The third-order valence-electron chi connectivity index (χ3n) is 3.88. The molecule has 0 saturated carbocycles. The van der Waals surface area contributed by atoms with Gasteiger partial charge in [-0.1, -0.05) is 73.1 Å². The van der Waals surface area contributed by atoms with E-state index in [2.05, 4.69) is 34.6 Å². The molecule has 0 heterocycles. The molecule has 0 aliphatic carbocycles. The standard InChI is InChI=1S/C15H32/c1-6-9-11-15(12-13(4)8-3)14(5)10-7-2/h13-15H,6-12H2,1-5H3. The first-order valence-corrected chi connectivity index (χ1v) is 7.15. The zero-order chi connectivity index (χ0) is 11.7. The Kier molecular flexibility index (Phi) is 9.24. The molecule has 0 N–H and O–H groups in total. The molecule has 15 heavy (non-hydrogen) atoms. The molecular formula is C15H32. The van der Waals surface area contributed by atoms with Crippen molar-refractivity contribution in [2.24, 2.45) is 17.8 Å². The lowest BCUT2D eigenvalue weighted by Gasteiger charge is -2.26. The first-order valence-electron chi connectivity index (χ1n) is 7.15. The topological polar surface area (TPSA) is 0 Å². The van der Waals surface area contributed by atoms with Crippen molar-refractivity contribution in [3.8, 4) is 0 Å². The minimum atomic E-state index is 0.922. The van der Waals surface area contributed by atoms with Crippen LogP contribution in [-0.2, 0) is 0 Å². The second kappa shape index (κ2) is 9.24. The summed E-state index contributed by atoms with van der Waals surface area (Å²) in [5.41, 5.74) is 0. The van der Waals surface area contributed by atoms with Crippen molar-refractivity contribution in [2.45, 2.75) is 79.6 Å². The van der Waals surface area contributed by atoms with E-state index in [1.807, 2.05) is 0 Å². The van der Waals surface area contributed by atoms with E-state index in [0.717, 1.165) is 17.8 Å². The van der Waals surface area contributed by atoms with Gasteiger partial charge in [-0.2, -0.15) is 0 Å². The van der Waals surface area contributed by atoms with E-state index < -0.39 is 0 Å². The van der Waals surface area contributed by atoms with Gasteiger partial charge < -0.3 is 0 Å². The lowest BCUT2D eigenvalue weighted by Crippen LogP contribution is -2.15. The SMILES string of the molecule is CCCCC(CC(C)CC)C(C)CCC. The molecule has 0 saturated heterocycles. The van der Waals surface area contributed by atoms with Crippen LogP contribution in [0.5, 0.6) is 0 Å². The largest absolute Gasteiger partial charge is 0.0654 e. The summed E-state index contributed by atoms with van der Waals surface area (Å²) >= 11 is 0. The van der Waals surface area contributed by atoms with E-state index in [0.29, 0.717) is 0 Å². The minimum absolute atomic E-state index is 0.922. The number of unbranched alkanes of at least 4 members (excludes halogenated alkanes) is 1. The molecular weight excluding hydrogens is 180 g/mol. The van der Waals surface area contributed by atoms with Crippen LogP contribution in [0, 0.1) is 17.8 Å². The maximum absolute atomic E-state index is 2.46. The van der Waals surface area contributed by atoms with E-state index in [-0.39, 0.29) is 0 Å². The Morgan fingerprint density at radius 3 is 2.00 bits per heavy atom. The molecule has 0 bridgehead atoms. The molecule has 0 rings (SSSR count). The van der Waals surface area contributed by atoms with Crippen LogP contribution >= 0.6 is 0 Å². The molecule has 3 unspecified atom stereocenters. The van der Waals surface area contributed by atoms with Gasteiger partial charge in [-0.05, 0) is 24.2 Å². The highest BCUT2D eigenvalue weighted by atomic mass is 14.2. The van der Waals surface area contributed by atoms with Crippen molar-refractivity contribution in [1.29, 1.82) is 0 Å². The van der Waals surface area contributed by atoms with Gasteiger partial charge in [0.25, 0.3) is 0 Å². The van der Waals surface area contributed by atoms with E-state index in [4.69, 9.17) is 0 Å². The molecule has 92 valence electrons. The van der Waals surface area contributed by atoms with Crippen LogP contribution in [0.2, 0.25) is 0 Å². The van der Waals surface area contributed by atoms with Crippen LogP contribution < -0.4 is 0 Å². The van der Waals surface area contributed by atoms with Crippen molar-refractivity contribution < 1.29 is 0 Å². The summed E-state index contributed by atoms with van der Waals surface area (Å²) < 4.78 is 0. The highest BCUT2D eigenvalue weighted by molar-refractivity contribution is 4.69. The summed E-state index contributed by atoms with van der Waals surface area (Å²) in [5.74, 6) is 2.85. The fourth-order valence-electron chi connectivity index (χ4n) is 2.48. The molecule has 0 amide bonds. The van der Waals surface area contributed by atoms with Crippen LogP contribution in [0.25, 0.3) is 0 Å². The van der Waals surface area contributed by atoms with Crippen LogP contribution in [0.3, 0.4) is 0 Å². The molecule has 0 radical (unpaired) electrons. The van der Waals surface area contributed by atoms with Gasteiger partial charge in [-0.3, -0.25) is 0 Å². The third kappa shape index (κ3) is 6.98. The van der Waals surface area contributed by atoms with Crippen LogP contribution in [0.1, 0.15) is 79.6 Å². The molecule has 0 aliphatic rings. The summed E-state index contributed by atoms with van der Waals surface area (Å²) in [4.78, 5) is 0. The van der Waals surface area contributed by atoms with E-state index in [1.165, 1.54) is 44.9 Å². The smallest absolute Gasteiger partial charge is 0.0386 e. The quantitative estimate of drug-likeness (QED) is 0.462. The van der Waals surface area contributed by atoms with Gasteiger partial charge in [0, 0.05) is 0 Å². The highest BCUT2D eigenvalue weighted by Crippen LogP contribution is 2.29. The van der Waals surface area contributed by atoms with Crippen molar-refractivity contribution in [3.63, 3.8) is 0 Å². The molecule has 0 aromatic rings. The first-order chi connectivity index (χ1) is 7.15. The summed E-state index contributed by atoms with van der Waals surface area (Å²) in [7, 11) is 0. The van der Waals surface area contributed by atoms with Gasteiger partial charge in [0.1, 0.15) is 0 Å². The van der Waals surface area contributed by atoms with Gasteiger partial charge >= 0.3 is 0 Å². The normalized spacial score (nSPS) is 17.4. The molecule has 0 aromatic carbocycles. The Labute approximate surface area is 97.8 Å². The second-order valence-electron chi connectivity index (χ2n) is 5.42. The monoisotopic (exact) mass is 212 g/mol. The Morgan fingerprint density at radius 1 is 0.867 bits per heavy atom. The highest BCUT2D eigenvalue weighted by Gasteiger charge is 2.18. The molecule has 3 atom stereocenters. The van der Waals surface area contributed by atoms with Gasteiger partial charge in [-0.15, -0.1) is 0 Å². The minimum Gasteiger partial charge on any atom is -0.0654 e. The van der Waals surface area contributed by atoms with E-state index >= 15 is 0 Å². The lowest BCUT2D eigenvalue weighted by atomic mass is 9.80. The Bertz CT molecular complexity index is 128. The maximum Gasteiger partial charge on any atom is -0.0386 e. The van der Waals surface area contributed by atoms with Crippen molar-refractivity contribution in [3.05, 3.63) is 0 Å². The Hall–Kier alpha value is 0. The van der Waals surface area contributed by atoms with Gasteiger partial charge in [0.15, 0.2) is 0 Å². The van der Waals surface area contributed by atoms with Crippen LogP contribution in [-0.4, -0.2) is 0 Å². The predicted octanol–water partition coefficient (Wildman–Crippen LogP) is 5.67. The van der Waals surface area contributed by atoms with Gasteiger partial charge in [-0.25, -0.2) is 0 Å². The van der Waals surface area contributed by atoms with Gasteiger partial charge in [0.2, 0.25) is 0 Å². The summed E-state index contributed by atoms with van der Waals surface area (Å²) in [6.07, 6.45) is 9.82. The second-order valence-corrected chi connectivity index (χ2v) is 5.42. The maximum atomic E-state index is 2.46. The van der Waals surface area contributed by atoms with Gasteiger partial charge in [0.05, 0.1) is 0 Å². The van der Waals surface area contributed by atoms with Crippen molar-refractivity contribution in [1.82, 2.24) is 0 Å². The number of rotatable bonds is 9. The average Bonchev–Trinajstić information content (AvgIpc) is 2.24. The molecule has 0 fully saturated rings. The fourth-order valence-corrected chi connectivity index (χ4v) is 2.48. The van der Waals surface area contributed by atoms with Crippen molar-refractivity contribution >= 4 is 0 Å². The Balaban J connectivity index is 4.03. The zero-order valence-corrected chi connectivity index (χ0v) is 11.7. The zero-order valence-electron chi connectivity index (χ0n) is 11.7. The Morgan fingerprint density at radius 2 is 1.53 bits per heavy atom. The molecule has 0 aromatic heterocycles. The van der Waals surface area contributed by atoms with Crippen molar-refractivity contribution in [2.75, 3.05) is 0 Å². The number of hydrogen-bond donors (Lipinski definition) is 0. The summed E-state index contributed by atoms with van der Waals surface area (Å²) in [6, 6.07) is 0. The molecule has 0 spiro atoms. The molecule has 0 nitrogen and oxygen atoms in total. The molecule has 0 aliphatic heterocycles. The summed E-state index contributed by atoms with van der Waals surface area (Å²) in [6.45, 7) is 11.8.